The van der Waals surface area contributed by atoms with Gasteiger partial charge in [0.15, 0.2) is 0 Å². The fraction of sp³-hybridized carbons (Fsp3) is 0.263. The number of likely N-dealkylation sites (N-methyl/N-ethyl adjacent to an activating group) is 1. The molecule has 0 unspecified atom stereocenters. The fourth-order valence-electron chi connectivity index (χ4n) is 2.40. The van der Waals surface area contributed by atoms with Crippen LogP contribution in [0.1, 0.15) is 6.92 Å². The average molecular weight is 445 g/mol. The van der Waals surface area contributed by atoms with Crippen LogP contribution in [0.2, 0.25) is 15.1 Å². The number of amides is 2. The number of hydrogen-bond donors (Lipinski definition) is 2. The molecule has 0 spiro atoms. The molecule has 0 radical (unpaired) electrons. The predicted molar refractivity (Wildman–Crippen MR) is 114 cm³/mol. The van der Waals surface area contributed by atoms with Crippen LogP contribution in [0.25, 0.3) is 0 Å². The Morgan fingerprint density at radius 1 is 0.964 bits per heavy atom. The fourth-order valence-corrected chi connectivity index (χ4v) is 2.99. The molecular formula is C19H20Cl3N3O3. The summed E-state index contributed by atoms with van der Waals surface area (Å²) in [6, 6.07) is 9.98. The van der Waals surface area contributed by atoms with Crippen LogP contribution < -0.4 is 15.4 Å². The molecule has 9 heteroatoms. The van der Waals surface area contributed by atoms with Crippen molar-refractivity contribution in [3.63, 3.8) is 0 Å². The van der Waals surface area contributed by atoms with Gasteiger partial charge in [-0.1, -0.05) is 47.8 Å². The molecule has 0 aliphatic heterocycles. The zero-order valence-electron chi connectivity index (χ0n) is 15.4. The molecule has 0 bridgehead atoms. The zero-order chi connectivity index (χ0) is 20.7. The summed E-state index contributed by atoms with van der Waals surface area (Å²) in [5.74, 6) is 0.0785. The molecule has 2 rings (SSSR count). The van der Waals surface area contributed by atoms with Crippen LogP contribution in [0.4, 0.5) is 11.4 Å². The van der Waals surface area contributed by atoms with Gasteiger partial charge in [-0.05, 0) is 30.8 Å². The summed E-state index contributed by atoms with van der Waals surface area (Å²) in [5.41, 5.74) is 0.977. The summed E-state index contributed by atoms with van der Waals surface area (Å²) in [6.45, 7) is 2.43. The SMILES string of the molecule is CCN(CC(=O)Nc1cccc(OC)c1)CC(=O)Nc1cc(Cl)c(Cl)cc1Cl. The molecule has 0 atom stereocenters. The van der Waals surface area contributed by atoms with Crippen molar-refractivity contribution in [2.75, 3.05) is 37.4 Å². The van der Waals surface area contributed by atoms with Crippen molar-refractivity contribution >= 4 is 58.0 Å². The Kier molecular flexibility index (Phi) is 8.38. The second-order valence-corrected chi connectivity index (χ2v) is 7.10. The number of methoxy groups -OCH3 is 1. The van der Waals surface area contributed by atoms with Gasteiger partial charge < -0.3 is 15.4 Å². The Bertz CT molecular complexity index is 862. The molecule has 6 nitrogen and oxygen atoms in total. The third-order valence-corrected chi connectivity index (χ3v) is 4.85. The van der Waals surface area contributed by atoms with Crippen molar-refractivity contribution in [3.05, 3.63) is 51.5 Å². The second kappa shape index (κ2) is 10.5. The van der Waals surface area contributed by atoms with Gasteiger partial charge in [-0.25, -0.2) is 0 Å². The summed E-state index contributed by atoms with van der Waals surface area (Å²) < 4.78 is 5.13. The number of anilines is 2. The third-order valence-electron chi connectivity index (χ3n) is 3.82. The monoisotopic (exact) mass is 443 g/mol. The van der Waals surface area contributed by atoms with Crippen molar-refractivity contribution in [3.8, 4) is 5.75 Å². The number of halogens is 3. The quantitative estimate of drug-likeness (QED) is 0.586. The van der Waals surface area contributed by atoms with Gasteiger partial charge in [0.25, 0.3) is 0 Å². The Labute approximate surface area is 178 Å². The van der Waals surface area contributed by atoms with Crippen LogP contribution in [0.15, 0.2) is 36.4 Å². The van der Waals surface area contributed by atoms with E-state index in [1.54, 1.807) is 36.3 Å². The number of hydrogen-bond acceptors (Lipinski definition) is 4. The molecule has 2 aromatic rings. The first-order chi connectivity index (χ1) is 13.3. The molecular weight excluding hydrogens is 425 g/mol. The molecule has 150 valence electrons. The van der Waals surface area contributed by atoms with Crippen LogP contribution in [0.5, 0.6) is 5.75 Å². The first-order valence-electron chi connectivity index (χ1n) is 8.43. The first kappa shape index (κ1) is 22.3. The molecule has 2 amide bonds. The summed E-state index contributed by atoms with van der Waals surface area (Å²) in [5, 5.41) is 6.32. The normalized spacial score (nSPS) is 10.6. The maximum absolute atomic E-state index is 12.3. The lowest BCUT2D eigenvalue weighted by molar-refractivity contribution is -0.119. The van der Waals surface area contributed by atoms with E-state index in [0.717, 1.165) is 0 Å². The Morgan fingerprint density at radius 2 is 1.61 bits per heavy atom. The highest BCUT2D eigenvalue weighted by Crippen LogP contribution is 2.32. The van der Waals surface area contributed by atoms with Crippen molar-refractivity contribution in [1.82, 2.24) is 4.90 Å². The van der Waals surface area contributed by atoms with Gasteiger partial charge in [-0.2, -0.15) is 0 Å². The number of carbonyl (C=O) groups is 2. The highest BCUT2D eigenvalue weighted by atomic mass is 35.5. The van der Waals surface area contributed by atoms with E-state index < -0.39 is 0 Å². The topological polar surface area (TPSA) is 70.7 Å². The lowest BCUT2D eigenvalue weighted by Gasteiger charge is -2.19. The summed E-state index contributed by atoms with van der Waals surface area (Å²) >= 11 is 17.9. The summed E-state index contributed by atoms with van der Waals surface area (Å²) in [4.78, 5) is 26.3. The van der Waals surface area contributed by atoms with E-state index in [2.05, 4.69) is 10.6 Å². The van der Waals surface area contributed by atoms with E-state index in [1.165, 1.54) is 12.1 Å². The molecule has 2 N–H and O–H groups in total. The summed E-state index contributed by atoms with van der Waals surface area (Å²) in [7, 11) is 1.55. The average Bonchev–Trinajstić information content (AvgIpc) is 2.65. The largest absolute Gasteiger partial charge is 0.497 e. The molecule has 0 aromatic heterocycles. The number of benzene rings is 2. The molecule has 0 heterocycles. The van der Waals surface area contributed by atoms with Gasteiger partial charge in [0.2, 0.25) is 11.8 Å². The number of nitrogens with zero attached hydrogens (tertiary/aromatic N) is 1. The molecule has 0 aliphatic carbocycles. The Balaban J connectivity index is 1.93. The minimum absolute atomic E-state index is 0.0125. The van der Waals surface area contributed by atoms with Crippen LogP contribution in [0, 0.1) is 0 Å². The van der Waals surface area contributed by atoms with Crippen LogP contribution >= 0.6 is 34.8 Å². The lowest BCUT2D eigenvalue weighted by Crippen LogP contribution is -2.38. The van der Waals surface area contributed by atoms with E-state index in [4.69, 9.17) is 39.5 Å². The standard InChI is InChI=1S/C19H20Cl3N3O3/c1-3-25(10-18(26)23-12-5-4-6-13(7-12)28-2)11-19(27)24-17-9-15(21)14(20)8-16(17)22/h4-9H,3,10-11H2,1-2H3,(H,23,26)(H,24,27). The molecule has 2 aromatic carbocycles. The van der Waals surface area contributed by atoms with Crippen molar-refractivity contribution < 1.29 is 14.3 Å². The van der Waals surface area contributed by atoms with E-state index >= 15 is 0 Å². The third kappa shape index (κ3) is 6.56. The molecule has 0 saturated carbocycles. The number of ether oxygens (including phenoxy) is 1. The van der Waals surface area contributed by atoms with E-state index in [9.17, 15) is 9.59 Å². The molecule has 0 fully saturated rings. The minimum Gasteiger partial charge on any atom is -0.497 e. The highest BCUT2D eigenvalue weighted by Gasteiger charge is 2.15. The van der Waals surface area contributed by atoms with Gasteiger partial charge in [-0.15, -0.1) is 0 Å². The first-order valence-corrected chi connectivity index (χ1v) is 9.56. The zero-order valence-corrected chi connectivity index (χ0v) is 17.7. The van der Waals surface area contributed by atoms with Gasteiger partial charge >= 0.3 is 0 Å². The van der Waals surface area contributed by atoms with Crippen LogP contribution in [-0.2, 0) is 9.59 Å². The van der Waals surface area contributed by atoms with Crippen molar-refractivity contribution in [2.24, 2.45) is 0 Å². The van der Waals surface area contributed by atoms with Crippen molar-refractivity contribution in [2.45, 2.75) is 6.92 Å². The minimum atomic E-state index is -0.323. The van der Waals surface area contributed by atoms with Gasteiger partial charge in [0.1, 0.15) is 5.75 Å². The van der Waals surface area contributed by atoms with Gasteiger partial charge in [0, 0.05) is 11.8 Å². The Morgan fingerprint density at radius 3 is 2.25 bits per heavy atom. The smallest absolute Gasteiger partial charge is 0.238 e. The number of nitrogens with one attached hydrogen (secondary N) is 2. The second-order valence-electron chi connectivity index (χ2n) is 5.88. The summed E-state index contributed by atoms with van der Waals surface area (Å²) in [6.07, 6.45) is 0. The van der Waals surface area contributed by atoms with E-state index in [-0.39, 0.29) is 34.9 Å². The van der Waals surface area contributed by atoms with Gasteiger partial charge in [0.05, 0.1) is 41.0 Å². The van der Waals surface area contributed by atoms with Crippen molar-refractivity contribution in [1.29, 1.82) is 0 Å². The predicted octanol–water partition coefficient (Wildman–Crippen LogP) is 4.55. The molecule has 28 heavy (non-hydrogen) atoms. The maximum atomic E-state index is 12.3. The lowest BCUT2D eigenvalue weighted by atomic mass is 10.3. The Hall–Kier alpha value is -1.99. The number of rotatable bonds is 8. The van der Waals surface area contributed by atoms with E-state index in [0.29, 0.717) is 28.7 Å². The maximum Gasteiger partial charge on any atom is 0.238 e. The number of carbonyl (C=O) groups excluding carboxylic acids is 2. The highest BCUT2D eigenvalue weighted by molar-refractivity contribution is 6.44. The van der Waals surface area contributed by atoms with E-state index in [1.807, 2.05) is 6.92 Å². The molecule has 0 aliphatic rings. The van der Waals surface area contributed by atoms with Crippen LogP contribution in [0.3, 0.4) is 0 Å². The van der Waals surface area contributed by atoms with Gasteiger partial charge in [-0.3, -0.25) is 14.5 Å². The molecule has 0 saturated heterocycles. The van der Waals surface area contributed by atoms with Crippen LogP contribution in [-0.4, -0.2) is 43.5 Å².